The fourth-order valence-corrected chi connectivity index (χ4v) is 1.72. The first-order valence-corrected chi connectivity index (χ1v) is 4.30. The topological polar surface area (TPSA) is 28.7 Å². The Bertz CT molecular complexity index is 435. The summed E-state index contributed by atoms with van der Waals surface area (Å²) in [5.74, 6) is 0. The lowest BCUT2D eigenvalue weighted by atomic mass is 10.3. The van der Waals surface area contributed by atoms with E-state index in [-0.39, 0.29) is 0 Å². The molecule has 0 aliphatic carbocycles. The molecule has 0 atom stereocenters. The van der Waals surface area contributed by atoms with Crippen molar-refractivity contribution in [3.8, 4) is 0 Å². The van der Waals surface area contributed by atoms with E-state index in [9.17, 15) is 0 Å². The van der Waals surface area contributed by atoms with Crippen molar-refractivity contribution in [1.82, 2.24) is 9.97 Å². The van der Waals surface area contributed by atoms with Crippen LogP contribution in [0.3, 0.4) is 0 Å². The summed E-state index contributed by atoms with van der Waals surface area (Å²) in [6, 6.07) is 1.58. The van der Waals surface area contributed by atoms with Gasteiger partial charge in [0.05, 0.1) is 26.9 Å². The average molecular weight is 221 g/mol. The van der Waals surface area contributed by atoms with Crippen molar-refractivity contribution >= 4 is 45.8 Å². The summed E-state index contributed by atoms with van der Waals surface area (Å²) in [5.41, 5.74) is 1.32. The molecule has 1 N–H and O–H groups in total. The molecule has 1 aromatic carbocycles. The van der Waals surface area contributed by atoms with Crippen LogP contribution in [0.15, 0.2) is 12.4 Å². The third-order valence-electron chi connectivity index (χ3n) is 1.55. The van der Waals surface area contributed by atoms with Gasteiger partial charge in [0.1, 0.15) is 5.52 Å². The minimum Gasteiger partial charge on any atom is -0.343 e. The van der Waals surface area contributed by atoms with Crippen molar-refractivity contribution in [1.29, 1.82) is 0 Å². The molecule has 0 saturated carbocycles. The van der Waals surface area contributed by atoms with Crippen LogP contribution in [0.25, 0.3) is 11.0 Å². The molecule has 0 amide bonds. The van der Waals surface area contributed by atoms with E-state index in [0.29, 0.717) is 26.1 Å². The Morgan fingerprint density at radius 2 is 1.92 bits per heavy atom. The number of nitrogens with zero attached hydrogens (tertiary/aromatic N) is 1. The summed E-state index contributed by atoms with van der Waals surface area (Å²) >= 11 is 17.5. The third kappa shape index (κ3) is 1.07. The Balaban J connectivity index is 2.97. The summed E-state index contributed by atoms with van der Waals surface area (Å²) in [6.45, 7) is 0. The maximum atomic E-state index is 5.88. The Morgan fingerprint density at radius 1 is 1.17 bits per heavy atom. The summed E-state index contributed by atoms with van der Waals surface area (Å²) in [4.78, 5) is 6.85. The zero-order chi connectivity index (χ0) is 8.72. The van der Waals surface area contributed by atoms with Gasteiger partial charge in [-0.05, 0) is 6.07 Å². The van der Waals surface area contributed by atoms with Crippen LogP contribution in [0.4, 0.5) is 0 Å². The van der Waals surface area contributed by atoms with Crippen LogP contribution < -0.4 is 0 Å². The maximum Gasteiger partial charge on any atom is 0.108 e. The first kappa shape index (κ1) is 8.17. The monoisotopic (exact) mass is 220 g/mol. The second-order valence-corrected chi connectivity index (χ2v) is 3.47. The van der Waals surface area contributed by atoms with Crippen LogP contribution in [0.2, 0.25) is 15.1 Å². The molecule has 1 heterocycles. The van der Waals surface area contributed by atoms with Crippen molar-refractivity contribution < 1.29 is 0 Å². The average Bonchev–Trinajstić information content (AvgIpc) is 2.48. The number of hydrogen-bond donors (Lipinski definition) is 1. The molecule has 0 aliphatic heterocycles. The molecule has 2 rings (SSSR count). The van der Waals surface area contributed by atoms with Crippen molar-refractivity contribution in [2.45, 2.75) is 0 Å². The number of imidazole rings is 1. The van der Waals surface area contributed by atoms with Crippen molar-refractivity contribution in [3.05, 3.63) is 27.5 Å². The first-order valence-electron chi connectivity index (χ1n) is 3.16. The van der Waals surface area contributed by atoms with Gasteiger partial charge in [0.25, 0.3) is 0 Å². The number of benzene rings is 1. The van der Waals surface area contributed by atoms with Crippen LogP contribution in [0.1, 0.15) is 0 Å². The highest BCUT2D eigenvalue weighted by atomic mass is 35.5. The number of nitrogens with one attached hydrogen (secondary N) is 1. The van der Waals surface area contributed by atoms with Crippen LogP contribution in [-0.2, 0) is 0 Å². The van der Waals surface area contributed by atoms with Crippen molar-refractivity contribution in [2.75, 3.05) is 0 Å². The molecule has 62 valence electrons. The highest BCUT2D eigenvalue weighted by Gasteiger charge is 2.09. The second kappa shape index (κ2) is 2.80. The normalized spacial score (nSPS) is 10.9. The predicted molar refractivity (Wildman–Crippen MR) is 51.1 cm³/mol. The van der Waals surface area contributed by atoms with E-state index in [1.165, 1.54) is 6.33 Å². The minimum absolute atomic E-state index is 0.429. The fraction of sp³-hybridized carbons (Fsp3) is 0. The maximum absolute atomic E-state index is 5.88. The molecule has 0 unspecified atom stereocenters. The lowest BCUT2D eigenvalue weighted by molar-refractivity contribution is 1.34. The number of aromatic nitrogens is 2. The van der Waals surface area contributed by atoms with E-state index < -0.39 is 0 Å². The van der Waals surface area contributed by atoms with E-state index >= 15 is 0 Å². The number of hydrogen-bond acceptors (Lipinski definition) is 1. The summed E-state index contributed by atoms with van der Waals surface area (Å²) in [7, 11) is 0. The Morgan fingerprint density at radius 3 is 2.67 bits per heavy atom. The van der Waals surface area contributed by atoms with Gasteiger partial charge in [-0.15, -0.1) is 0 Å². The van der Waals surface area contributed by atoms with Crippen molar-refractivity contribution in [2.24, 2.45) is 0 Å². The van der Waals surface area contributed by atoms with Gasteiger partial charge in [0.15, 0.2) is 0 Å². The van der Waals surface area contributed by atoms with Gasteiger partial charge < -0.3 is 4.98 Å². The standard InChI is InChI=1S/C7H3Cl3N2/c8-3-1-4(9)6-7(5(3)10)12-2-11-6/h1-2H,(H,11,12). The molecule has 0 saturated heterocycles. The van der Waals surface area contributed by atoms with E-state index in [2.05, 4.69) is 9.97 Å². The molecule has 2 nitrogen and oxygen atoms in total. The Hall–Kier alpha value is -0.440. The van der Waals surface area contributed by atoms with E-state index in [1.54, 1.807) is 6.07 Å². The van der Waals surface area contributed by atoms with Gasteiger partial charge in [-0.1, -0.05) is 34.8 Å². The highest BCUT2D eigenvalue weighted by molar-refractivity contribution is 6.47. The molecular formula is C7H3Cl3N2. The van der Waals surface area contributed by atoms with Gasteiger partial charge in [0, 0.05) is 0 Å². The van der Waals surface area contributed by atoms with Crippen molar-refractivity contribution in [3.63, 3.8) is 0 Å². The highest BCUT2D eigenvalue weighted by Crippen LogP contribution is 2.33. The van der Waals surface area contributed by atoms with Crippen LogP contribution in [0.5, 0.6) is 0 Å². The number of fused-ring (bicyclic) bond motifs is 1. The van der Waals surface area contributed by atoms with Crippen LogP contribution in [-0.4, -0.2) is 9.97 Å². The smallest absolute Gasteiger partial charge is 0.108 e. The molecule has 0 spiro atoms. The number of halogens is 3. The quantitative estimate of drug-likeness (QED) is 0.678. The molecular weight excluding hydrogens is 218 g/mol. The molecule has 2 aromatic rings. The van der Waals surface area contributed by atoms with Crippen LogP contribution in [0, 0.1) is 0 Å². The van der Waals surface area contributed by atoms with Gasteiger partial charge >= 0.3 is 0 Å². The van der Waals surface area contributed by atoms with E-state index in [0.717, 1.165) is 0 Å². The van der Waals surface area contributed by atoms with E-state index in [4.69, 9.17) is 34.8 Å². The SMILES string of the molecule is Clc1cc(Cl)c2nc[nH]c2c1Cl. The largest absolute Gasteiger partial charge is 0.343 e. The molecule has 0 fully saturated rings. The summed E-state index contributed by atoms with van der Waals surface area (Å²) in [6.07, 6.45) is 1.53. The second-order valence-electron chi connectivity index (χ2n) is 2.28. The van der Waals surface area contributed by atoms with Gasteiger partial charge in [-0.3, -0.25) is 0 Å². The minimum atomic E-state index is 0.429. The van der Waals surface area contributed by atoms with Gasteiger partial charge in [-0.2, -0.15) is 0 Å². The first-order chi connectivity index (χ1) is 5.70. The lowest BCUT2D eigenvalue weighted by Gasteiger charge is -1.97. The Labute approximate surface area is 83.5 Å². The molecule has 5 heteroatoms. The third-order valence-corrected chi connectivity index (χ3v) is 2.62. The zero-order valence-corrected chi connectivity index (χ0v) is 8.00. The van der Waals surface area contributed by atoms with Gasteiger partial charge in [0.2, 0.25) is 0 Å². The number of H-pyrrole nitrogens is 1. The fourth-order valence-electron chi connectivity index (χ4n) is 1.01. The number of rotatable bonds is 0. The summed E-state index contributed by atoms with van der Waals surface area (Å²) < 4.78 is 0. The lowest BCUT2D eigenvalue weighted by Crippen LogP contribution is -1.75. The number of aromatic amines is 1. The molecule has 0 radical (unpaired) electrons. The van der Waals surface area contributed by atoms with E-state index in [1.807, 2.05) is 0 Å². The zero-order valence-electron chi connectivity index (χ0n) is 5.74. The molecule has 0 bridgehead atoms. The predicted octanol–water partition coefficient (Wildman–Crippen LogP) is 3.52. The molecule has 12 heavy (non-hydrogen) atoms. The molecule has 1 aromatic heterocycles. The summed E-state index contributed by atoms with van der Waals surface area (Å²) in [5, 5.41) is 1.38. The molecule has 0 aliphatic rings. The van der Waals surface area contributed by atoms with Crippen LogP contribution >= 0.6 is 34.8 Å². The Kier molecular flexibility index (Phi) is 1.91. The van der Waals surface area contributed by atoms with Gasteiger partial charge in [-0.25, -0.2) is 4.98 Å².